The van der Waals surface area contributed by atoms with Crippen molar-refractivity contribution >= 4 is 17.7 Å². The minimum absolute atomic E-state index is 0.0152. The van der Waals surface area contributed by atoms with E-state index in [1.807, 2.05) is 66.7 Å². The third-order valence-electron chi connectivity index (χ3n) is 5.76. The van der Waals surface area contributed by atoms with Gasteiger partial charge < -0.3 is 10.2 Å². The van der Waals surface area contributed by atoms with Crippen molar-refractivity contribution < 1.29 is 24.6 Å². The summed E-state index contributed by atoms with van der Waals surface area (Å²) in [6.07, 6.45) is 2.28. The fourth-order valence-electron chi connectivity index (χ4n) is 3.78. The lowest BCUT2D eigenvalue weighted by Crippen LogP contribution is -2.18. The number of hydrogen-bond acceptors (Lipinski definition) is 3. The molecule has 5 nitrogen and oxygen atoms in total. The fraction of sp³-hybridized carbons (Fsp3) is 0.233. The number of Topliss-reactive ketones (excluding diaryl/α,β-unsaturated/α-hetero) is 1. The van der Waals surface area contributed by atoms with Gasteiger partial charge in [-0.25, -0.2) is 0 Å². The zero-order valence-corrected chi connectivity index (χ0v) is 19.4. The molecule has 0 heterocycles. The number of hydrogen-bond donors (Lipinski definition) is 2. The Kier molecular flexibility index (Phi) is 9.39. The van der Waals surface area contributed by atoms with Crippen LogP contribution in [0.1, 0.15) is 53.6 Å². The first-order valence-electron chi connectivity index (χ1n) is 11.6. The molecule has 1 unspecified atom stereocenters. The van der Waals surface area contributed by atoms with E-state index in [9.17, 15) is 19.5 Å². The molecule has 0 saturated carbocycles. The lowest BCUT2D eigenvalue weighted by Gasteiger charge is -2.12. The molecule has 1 atom stereocenters. The Labute approximate surface area is 205 Å². The summed E-state index contributed by atoms with van der Waals surface area (Å²) in [6.45, 7) is 0. The Balaban J connectivity index is 1.56. The third kappa shape index (κ3) is 8.28. The molecular weight excluding hydrogens is 440 g/mol. The van der Waals surface area contributed by atoms with Gasteiger partial charge in [-0.05, 0) is 48.1 Å². The largest absolute Gasteiger partial charge is 0.481 e. The summed E-state index contributed by atoms with van der Waals surface area (Å²) in [5, 5.41) is 18.2. The number of ketones is 1. The van der Waals surface area contributed by atoms with Crippen LogP contribution in [0.3, 0.4) is 0 Å². The van der Waals surface area contributed by atoms with Crippen molar-refractivity contribution in [3.63, 3.8) is 0 Å². The average molecular weight is 469 g/mol. The van der Waals surface area contributed by atoms with Gasteiger partial charge in [-0.1, -0.05) is 78.6 Å². The van der Waals surface area contributed by atoms with Crippen LogP contribution in [0.25, 0.3) is 11.1 Å². The number of aliphatic carboxylic acids is 2. The standard InChI is InChI=1S/C30H28O5/c31-28(21-27(30(34)35)11-6-10-22-7-2-1-3-8-22)26-19-17-25(18-20-26)24-15-13-23(14-16-24)9-4-5-12-29(32)33/h1-3,7-8,13-20,27H,5-6,10-12,21H2,(H,32,33)(H,34,35). The predicted octanol–water partition coefficient (Wildman–Crippen LogP) is 5.87. The zero-order chi connectivity index (χ0) is 25.0. The number of benzene rings is 3. The molecule has 3 aromatic carbocycles. The van der Waals surface area contributed by atoms with E-state index in [2.05, 4.69) is 11.8 Å². The molecule has 35 heavy (non-hydrogen) atoms. The van der Waals surface area contributed by atoms with Crippen molar-refractivity contribution in [3.05, 3.63) is 95.6 Å². The Morgan fingerprint density at radius 2 is 1.43 bits per heavy atom. The van der Waals surface area contributed by atoms with Crippen LogP contribution >= 0.6 is 0 Å². The van der Waals surface area contributed by atoms with E-state index in [0.29, 0.717) is 24.8 Å². The van der Waals surface area contributed by atoms with Crippen molar-refractivity contribution in [2.75, 3.05) is 0 Å². The van der Waals surface area contributed by atoms with Crippen LogP contribution in [-0.2, 0) is 16.0 Å². The SMILES string of the molecule is O=C(O)CCC#Cc1ccc(-c2ccc(C(=O)CC(CCCc3ccccc3)C(=O)O)cc2)cc1. The molecule has 0 aliphatic rings. The fourth-order valence-corrected chi connectivity index (χ4v) is 3.78. The molecule has 0 spiro atoms. The molecule has 3 aromatic rings. The van der Waals surface area contributed by atoms with Crippen LogP contribution in [0.4, 0.5) is 0 Å². The van der Waals surface area contributed by atoms with Gasteiger partial charge in [0.25, 0.3) is 0 Å². The van der Waals surface area contributed by atoms with Crippen molar-refractivity contribution in [1.29, 1.82) is 0 Å². The molecule has 0 saturated heterocycles. The molecule has 0 radical (unpaired) electrons. The van der Waals surface area contributed by atoms with Crippen LogP contribution in [0.5, 0.6) is 0 Å². The van der Waals surface area contributed by atoms with Gasteiger partial charge in [-0.2, -0.15) is 0 Å². The molecule has 0 fully saturated rings. The Morgan fingerprint density at radius 1 is 0.800 bits per heavy atom. The smallest absolute Gasteiger partial charge is 0.306 e. The monoisotopic (exact) mass is 468 g/mol. The zero-order valence-electron chi connectivity index (χ0n) is 19.4. The lowest BCUT2D eigenvalue weighted by molar-refractivity contribution is -0.142. The highest BCUT2D eigenvalue weighted by molar-refractivity contribution is 5.98. The first-order chi connectivity index (χ1) is 16.9. The maximum absolute atomic E-state index is 12.7. The second-order valence-electron chi connectivity index (χ2n) is 8.39. The van der Waals surface area contributed by atoms with Gasteiger partial charge in [0.2, 0.25) is 0 Å². The van der Waals surface area contributed by atoms with Gasteiger partial charge in [0.1, 0.15) is 0 Å². The summed E-state index contributed by atoms with van der Waals surface area (Å²) in [5.41, 5.74) is 4.37. The van der Waals surface area contributed by atoms with Crippen molar-refractivity contribution in [2.45, 2.75) is 38.5 Å². The van der Waals surface area contributed by atoms with Crippen LogP contribution in [0.15, 0.2) is 78.9 Å². The number of carboxylic acid groups (broad SMARTS) is 2. The van der Waals surface area contributed by atoms with E-state index in [1.165, 1.54) is 0 Å². The predicted molar refractivity (Wildman–Crippen MR) is 135 cm³/mol. The van der Waals surface area contributed by atoms with Gasteiger partial charge in [0, 0.05) is 24.0 Å². The van der Waals surface area contributed by atoms with E-state index in [1.54, 1.807) is 12.1 Å². The Morgan fingerprint density at radius 3 is 2.03 bits per heavy atom. The lowest BCUT2D eigenvalue weighted by atomic mass is 9.92. The van der Waals surface area contributed by atoms with Gasteiger partial charge in [-0.3, -0.25) is 14.4 Å². The Bertz CT molecular complexity index is 1200. The van der Waals surface area contributed by atoms with Gasteiger partial charge >= 0.3 is 11.9 Å². The second-order valence-corrected chi connectivity index (χ2v) is 8.39. The summed E-state index contributed by atoms with van der Waals surface area (Å²) in [7, 11) is 0. The minimum atomic E-state index is -0.936. The van der Waals surface area contributed by atoms with Crippen LogP contribution in [-0.4, -0.2) is 27.9 Å². The van der Waals surface area contributed by atoms with Crippen molar-refractivity contribution in [1.82, 2.24) is 0 Å². The van der Waals surface area contributed by atoms with Crippen LogP contribution in [0, 0.1) is 17.8 Å². The highest BCUT2D eigenvalue weighted by Gasteiger charge is 2.21. The van der Waals surface area contributed by atoms with Gasteiger partial charge in [0.05, 0.1) is 12.3 Å². The molecule has 0 bridgehead atoms. The Hall–Kier alpha value is -4.17. The summed E-state index contributed by atoms with van der Waals surface area (Å²) in [4.78, 5) is 35.0. The van der Waals surface area contributed by atoms with E-state index < -0.39 is 17.9 Å². The highest BCUT2D eigenvalue weighted by Crippen LogP contribution is 2.22. The van der Waals surface area contributed by atoms with E-state index in [0.717, 1.165) is 28.7 Å². The second kappa shape index (κ2) is 12.9. The first-order valence-corrected chi connectivity index (χ1v) is 11.6. The molecule has 0 amide bonds. The number of aryl methyl sites for hydroxylation is 1. The molecule has 5 heteroatoms. The van der Waals surface area contributed by atoms with Crippen molar-refractivity contribution in [3.8, 4) is 23.0 Å². The molecule has 0 aliphatic carbocycles. The van der Waals surface area contributed by atoms with Gasteiger partial charge in [0.15, 0.2) is 5.78 Å². The number of carbonyl (C=O) groups is 3. The van der Waals surface area contributed by atoms with Crippen LogP contribution in [0.2, 0.25) is 0 Å². The first kappa shape index (κ1) is 25.5. The highest BCUT2D eigenvalue weighted by atomic mass is 16.4. The minimum Gasteiger partial charge on any atom is -0.481 e. The van der Waals surface area contributed by atoms with E-state index in [-0.39, 0.29) is 18.6 Å². The quantitative estimate of drug-likeness (QED) is 0.271. The third-order valence-corrected chi connectivity index (χ3v) is 5.76. The molecule has 0 aromatic heterocycles. The molecule has 0 aliphatic heterocycles. The molecule has 2 N–H and O–H groups in total. The van der Waals surface area contributed by atoms with Crippen molar-refractivity contribution in [2.24, 2.45) is 5.92 Å². The van der Waals surface area contributed by atoms with E-state index >= 15 is 0 Å². The topological polar surface area (TPSA) is 91.7 Å². The number of rotatable bonds is 11. The summed E-state index contributed by atoms with van der Waals surface area (Å²) in [6, 6.07) is 24.7. The molecule has 3 rings (SSSR count). The van der Waals surface area contributed by atoms with E-state index in [4.69, 9.17) is 5.11 Å². The molecule has 178 valence electrons. The van der Waals surface area contributed by atoms with Gasteiger partial charge in [-0.15, -0.1) is 0 Å². The number of carboxylic acids is 2. The average Bonchev–Trinajstić information content (AvgIpc) is 2.87. The number of carbonyl (C=O) groups excluding carboxylic acids is 1. The van der Waals surface area contributed by atoms with Crippen LogP contribution < -0.4 is 0 Å². The normalized spacial score (nSPS) is 11.2. The maximum Gasteiger partial charge on any atom is 0.306 e. The molecular formula is C30H28O5. The summed E-state index contributed by atoms with van der Waals surface area (Å²) in [5.74, 6) is 3.13. The summed E-state index contributed by atoms with van der Waals surface area (Å²) < 4.78 is 0. The maximum atomic E-state index is 12.7. The summed E-state index contributed by atoms with van der Waals surface area (Å²) >= 11 is 0.